The molecule has 1 aliphatic carbocycles. The van der Waals surface area contributed by atoms with E-state index in [2.05, 4.69) is 48.2 Å². The topological polar surface area (TPSA) is 28.2 Å². The van der Waals surface area contributed by atoms with Gasteiger partial charge < -0.3 is 10.2 Å². The first-order chi connectivity index (χ1) is 9.15. The second kappa shape index (κ2) is 6.90. The van der Waals surface area contributed by atoms with Crippen LogP contribution in [0, 0.1) is 5.92 Å². The smallest absolute Gasteiger partial charge is 0.128 e. The Labute approximate surface area is 117 Å². The predicted octanol–water partition coefficient (Wildman–Crippen LogP) is 3.21. The first-order valence-electron chi connectivity index (χ1n) is 7.54. The molecule has 0 bridgehead atoms. The maximum absolute atomic E-state index is 4.58. The maximum atomic E-state index is 4.58. The fourth-order valence-corrected chi connectivity index (χ4v) is 2.74. The van der Waals surface area contributed by atoms with Gasteiger partial charge in [0.05, 0.1) is 0 Å². The van der Waals surface area contributed by atoms with Crippen molar-refractivity contribution in [2.45, 2.75) is 52.1 Å². The van der Waals surface area contributed by atoms with Gasteiger partial charge in [-0.2, -0.15) is 0 Å². The van der Waals surface area contributed by atoms with Crippen molar-refractivity contribution < 1.29 is 0 Å². The molecule has 0 aromatic carbocycles. The fourth-order valence-electron chi connectivity index (χ4n) is 2.74. The first-order valence-corrected chi connectivity index (χ1v) is 7.54. The molecular weight excluding hydrogens is 234 g/mol. The Kier molecular flexibility index (Phi) is 5.20. The van der Waals surface area contributed by atoms with E-state index in [1.165, 1.54) is 31.2 Å². The molecule has 0 aliphatic heterocycles. The van der Waals surface area contributed by atoms with Crippen LogP contribution >= 0.6 is 0 Å². The molecule has 1 N–H and O–H groups in total. The van der Waals surface area contributed by atoms with Gasteiger partial charge in [-0.05, 0) is 30.4 Å². The molecule has 0 spiro atoms. The van der Waals surface area contributed by atoms with Crippen LogP contribution in [0.15, 0.2) is 18.3 Å². The highest BCUT2D eigenvalue weighted by Gasteiger charge is 2.17. The molecule has 1 aliphatic rings. The molecule has 0 radical (unpaired) electrons. The Balaban J connectivity index is 1.86. The molecule has 19 heavy (non-hydrogen) atoms. The first kappa shape index (κ1) is 14.3. The van der Waals surface area contributed by atoms with Gasteiger partial charge in [-0.3, -0.25) is 0 Å². The molecule has 106 valence electrons. The van der Waals surface area contributed by atoms with Crippen LogP contribution in [0.3, 0.4) is 0 Å². The summed E-state index contributed by atoms with van der Waals surface area (Å²) in [5.74, 6) is 1.97. The van der Waals surface area contributed by atoms with E-state index in [4.69, 9.17) is 0 Å². The van der Waals surface area contributed by atoms with Crippen LogP contribution in [-0.2, 0) is 6.54 Å². The van der Waals surface area contributed by atoms with Gasteiger partial charge in [-0.25, -0.2) is 4.98 Å². The Bertz CT molecular complexity index is 366. The molecule has 1 fully saturated rings. The van der Waals surface area contributed by atoms with Gasteiger partial charge in [0.15, 0.2) is 0 Å². The van der Waals surface area contributed by atoms with E-state index >= 15 is 0 Å². The molecule has 1 heterocycles. The summed E-state index contributed by atoms with van der Waals surface area (Å²) >= 11 is 0. The number of rotatable bonds is 6. The van der Waals surface area contributed by atoms with Crippen LogP contribution < -0.4 is 10.2 Å². The summed E-state index contributed by atoms with van der Waals surface area (Å²) in [7, 11) is 2.16. The van der Waals surface area contributed by atoms with Gasteiger partial charge in [0.25, 0.3) is 0 Å². The van der Waals surface area contributed by atoms with Crippen LogP contribution in [0.2, 0.25) is 0 Å². The number of nitrogens with zero attached hydrogens (tertiary/aromatic N) is 2. The third-order valence-corrected chi connectivity index (χ3v) is 3.92. The number of hydrogen-bond donors (Lipinski definition) is 1. The minimum Gasteiger partial charge on any atom is -0.359 e. The number of nitrogens with one attached hydrogen (secondary N) is 1. The van der Waals surface area contributed by atoms with E-state index in [9.17, 15) is 0 Å². The third-order valence-electron chi connectivity index (χ3n) is 3.92. The van der Waals surface area contributed by atoms with Crippen LogP contribution in [0.25, 0.3) is 0 Å². The quantitative estimate of drug-likeness (QED) is 0.852. The third kappa shape index (κ3) is 4.50. The lowest BCUT2D eigenvalue weighted by Crippen LogP contribution is -2.25. The van der Waals surface area contributed by atoms with E-state index in [0.717, 1.165) is 24.8 Å². The molecular formula is C16H27N3. The minimum absolute atomic E-state index is 0.518. The van der Waals surface area contributed by atoms with Crippen LogP contribution in [0.1, 0.15) is 45.1 Å². The van der Waals surface area contributed by atoms with Gasteiger partial charge in [-0.15, -0.1) is 0 Å². The second-order valence-corrected chi connectivity index (χ2v) is 6.09. The molecule has 0 amide bonds. The zero-order chi connectivity index (χ0) is 13.7. The van der Waals surface area contributed by atoms with Gasteiger partial charge in [0, 0.05) is 32.4 Å². The van der Waals surface area contributed by atoms with Gasteiger partial charge in [-0.1, -0.05) is 32.8 Å². The van der Waals surface area contributed by atoms with E-state index in [-0.39, 0.29) is 0 Å². The molecule has 0 saturated heterocycles. The van der Waals surface area contributed by atoms with Crippen molar-refractivity contribution in [3.8, 4) is 0 Å². The molecule has 0 atom stereocenters. The van der Waals surface area contributed by atoms with Crippen molar-refractivity contribution in [2.75, 3.05) is 18.5 Å². The number of hydrogen-bond acceptors (Lipinski definition) is 3. The van der Waals surface area contributed by atoms with E-state index in [1.807, 2.05) is 6.20 Å². The highest BCUT2D eigenvalue weighted by atomic mass is 15.2. The molecule has 1 aromatic rings. The summed E-state index contributed by atoms with van der Waals surface area (Å²) in [4.78, 5) is 6.89. The maximum Gasteiger partial charge on any atom is 0.128 e. The van der Waals surface area contributed by atoms with Crippen molar-refractivity contribution in [1.82, 2.24) is 10.3 Å². The Morgan fingerprint density at radius 2 is 2.05 bits per heavy atom. The number of anilines is 1. The second-order valence-electron chi connectivity index (χ2n) is 6.09. The monoisotopic (exact) mass is 261 g/mol. The summed E-state index contributed by atoms with van der Waals surface area (Å²) in [5, 5.41) is 3.42. The summed E-state index contributed by atoms with van der Waals surface area (Å²) in [6.07, 6.45) is 7.59. The van der Waals surface area contributed by atoms with Crippen molar-refractivity contribution in [3.63, 3.8) is 0 Å². The van der Waals surface area contributed by atoms with Crippen molar-refractivity contribution in [3.05, 3.63) is 23.9 Å². The van der Waals surface area contributed by atoms with Crippen LogP contribution in [0.5, 0.6) is 0 Å². The van der Waals surface area contributed by atoms with Gasteiger partial charge >= 0.3 is 0 Å². The van der Waals surface area contributed by atoms with Crippen molar-refractivity contribution >= 4 is 5.82 Å². The molecule has 0 unspecified atom stereocenters. The zero-order valence-corrected chi connectivity index (χ0v) is 12.5. The predicted molar refractivity (Wildman–Crippen MR) is 81.4 cm³/mol. The largest absolute Gasteiger partial charge is 0.359 e. The molecule has 2 rings (SSSR count). The molecule has 1 aromatic heterocycles. The summed E-state index contributed by atoms with van der Waals surface area (Å²) in [5.41, 5.74) is 1.26. The van der Waals surface area contributed by atoms with Crippen LogP contribution in [0.4, 0.5) is 5.82 Å². The lowest BCUT2D eigenvalue weighted by Gasteiger charge is -2.22. The average molecular weight is 261 g/mol. The van der Waals surface area contributed by atoms with Crippen LogP contribution in [-0.4, -0.2) is 24.6 Å². The van der Waals surface area contributed by atoms with E-state index < -0.39 is 0 Å². The van der Waals surface area contributed by atoms with E-state index in [1.54, 1.807) is 0 Å². The minimum atomic E-state index is 0.518. The van der Waals surface area contributed by atoms with Crippen molar-refractivity contribution in [2.24, 2.45) is 5.92 Å². The summed E-state index contributed by atoms with van der Waals surface area (Å²) in [6, 6.07) is 4.85. The molecule has 3 heteroatoms. The Morgan fingerprint density at radius 1 is 1.32 bits per heavy atom. The standard InChI is InChI=1S/C16H27N3/c1-13(2)17-10-15-8-9-16(18-11-15)19(3)12-14-6-4-5-7-14/h8-9,11,13-14,17H,4-7,10,12H2,1-3H3. The SMILES string of the molecule is CC(C)NCc1ccc(N(C)CC2CCCC2)nc1. The lowest BCUT2D eigenvalue weighted by atomic mass is 10.1. The van der Waals surface area contributed by atoms with Crippen molar-refractivity contribution in [1.29, 1.82) is 0 Å². The molecule has 1 saturated carbocycles. The van der Waals surface area contributed by atoms with Gasteiger partial charge in [0.2, 0.25) is 0 Å². The molecule has 3 nitrogen and oxygen atoms in total. The normalized spacial score (nSPS) is 16.2. The summed E-state index contributed by atoms with van der Waals surface area (Å²) in [6.45, 7) is 6.38. The lowest BCUT2D eigenvalue weighted by molar-refractivity contribution is 0.545. The average Bonchev–Trinajstić information content (AvgIpc) is 2.89. The number of aromatic nitrogens is 1. The highest BCUT2D eigenvalue weighted by molar-refractivity contribution is 5.38. The summed E-state index contributed by atoms with van der Waals surface area (Å²) < 4.78 is 0. The zero-order valence-electron chi connectivity index (χ0n) is 12.5. The highest BCUT2D eigenvalue weighted by Crippen LogP contribution is 2.26. The number of pyridine rings is 1. The fraction of sp³-hybridized carbons (Fsp3) is 0.688. The Morgan fingerprint density at radius 3 is 2.63 bits per heavy atom. The van der Waals surface area contributed by atoms with Gasteiger partial charge in [0.1, 0.15) is 5.82 Å². The van der Waals surface area contributed by atoms with E-state index in [0.29, 0.717) is 6.04 Å². The Hall–Kier alpha value is -1.09.